The van der Waals surface area contributed by atoms with Gasteiger partial charge in [-0.15, -0.1) is 0 Å². The lowest BCUT2D eigenvalue weighted by Crippen LogP contribution is -2.00. The van der Waals surface area contributed by atoms with E-state index in [1.165, 1.54) is 12.1 Å². The summed E-state index contributed by atoms with van der Waals surface area (Å²) in [7, 11) is 0. The van der Waals surface area contributed by atoms with E-state index in [1.54, 1.807) is 36.5 Å². The number of hydrogen-bond donors (Lipinski definition) is 1. The van der Waals surface area contributed by atoms with Gasteiger partial charge in [-0.3, -0.25) is 4.98 Å². The van der Waals surface area contributed by atoms with Gasteiger partial charge < -0.3 is 5.11 Å². The molecule has 0 saturated heterocycles. The molecule has 0 unspecified atom stereocenters. The zero-order valence-corrected chi connectivity index (χ0v) is 11.2. The quantitative estimate of drug-likeness (QED) is 0.870. The van der Waals surface area contributed by atoms with Crippen molar-refractivity contribution >= 4 is 40.8 Å². The molecular weight excluding hydrogens is 285 g/mol. The smallest absolute Gasteiger partial charge is 0.336 e. The van der Waals surface area contributed by atoms with Gasteiger partial charge in [0.1, 0.15) is 0 Å². The van der Waals surface area contributed by atoms with Gasteiger partial charge in [-0.05, 0) is 36.4 Å². The molecule has 96 valence electrons. The van der Waals surface area contributed by atoms with Gasteiger partial charge in [0.25, 0.3) is 0 Å². The maximum atomic E-state index is 11.4. The molecule has 3 nitrogen and oxygen atoms in total. The molecule has 19 heavy (non-hydrogen) atoms. The molecule has 0 aliphatic rings. The molecule has 2 aromatic rings. The van der Waals surface area contributed by atoms with E-state index in [2.05, 4.69) is 4.98 Å². The van der Waals surface area contributed by atoms with Crippen LogP contribution in [0.25, 0.3) is 11.6 Å². The van der Waals surface area contributed by atoms with Crippen LogP contribution < -0.4 is 0 Å². The molecule has 0 aliphatic carbocycles. The van der Waals surface area contributed by atoms with Crippen molar-refractivity contribution in [2.24, 2.45) is 0 Å². The largest absolute Gasteiger partial charge is 0.478 e. The highest BCUT2D eigenvalue weighted by atomic mass is 35.5. The van der Waals surface area contributed by atoms with E-state index >= 15 is 0 Å². The minimum absolute atomic E-state index is 0.0474. The third kappa shape index (κ3) is 3.34. The summed E-state index contributed by atoms with van der Waals surface area (Å²) in [5, 5.41) is 10.1. The number of carboxylic acid groups (broad SMARTS) is 1. The van der Waals surface area contributed by atoms with Gasteiger partial charge >= 0.3 is 5.97 Å². The first-order chi connectivity index (χ1) is 9.08. The predicted molar refractivity (Wildman–Crippen MR) is 76.2 cm³/mol. The topological polar surface area (TPSA) is 50.2 Å². The Balaban J connectivity index is 2.55. The zero-order valence-electron chi connectivity index (χ0n) is 9.68. The molecule has 1 aromatic heterocycles. The van der Waals surface area contributed by atoms with Gasteiger partial charge in [0.05, 0.1) is 11.3 Å². The minimum Gasteiger partial charge on any atom is -0.478 e. The van der Waals surface area contributed by atoms with Crippen molar-refractivity contribution in [3.8, 4) is 0 Å². The number of pyridine rings is 1. The Morgan fingerprint density at radius 1 is 1.21 bits per heavy atom. The molecule has 0 amide bonds. The lowest BCUT2D eigenvalue weighted by Gasteiger charge is -2.06. The van der Waals surface area contributed by atoms with Crippen molar-refractivity contribution in [1.82, 2.24) is 4.98 Å². The summed E-state index contributed by atoms with van der Waals surface area (Å²) in [4.78, 5) is 15.4. The highest BCUT2D eigenvalue weighted by Crippen LogP contribution is 2.28. The molecule has 1 heterocycles. The first-order valence-corrected chi connectivity index (χ1v) is 6.15. The first kappa shape index (κ1) is 13.6. The number of carboxylic acids is 1. The van der Waals surface area contributed by atoms with Crippen LogP contribution in [0, 0.1) is 0 Å². The van der Waals surface area contributed by atoms with Crippen molar-refractivity contribution in [1.29, 1.82) is 0 Å². The van der Waals surface area contributed by atoms with E-state index in [4.69, 9.17) is 23.2 Å². The van der Waals surface area contributed by atoms with Crippen molar-refractivity contribution in [2.75, 3.05) is 0 Å². The maximum Gasteiger partial charge on any atom is 0.336 e. The Morgan fingerprint density at radius 2 is 2.00 bits per heavy atom. The number of aromatic nitrogens is 1. The van der Waals surface area contributed by atoms with Crippen LogP contribution in [0.1, 0.15) is 11.3 Å². The molecule has 0 saturated carbocycles. The summed E-state index contributed by atoms with van der Waals surface area (Å²) >= 11 is 11.9. The van der Waals surface area contributed by atoms with E-state index in [9.17, 15) is 9.90 Å². The number of rotatable bonds is 3. The van der Waals surface area contributed by atoms with Crippen LogP contribution in [0.5, 0.6) is 0 Å². The maximum absolute atomic E-state index is 11.4. The average Bonchev–Trinajstić information content (AvgIpc) is 2.40. The molecule has 2 rings (SSSR count). The highest BCUT2D eigenvalue weighted by Gasteiger charge is 2.14. The molecule has 0 spiro atoms. The van der Waals surface area contributed by atoms with E-state index in [1.807, 2.05) is 0 Å². The summed E-state index contributed by atoms with van der Waals surface area (Å²) < 4.78 is 0. The molecule has 0 fully saturated rings. The number of benzene rings is 1. The normalized spacial score (nSPS) is 11.4. The second-order valence-corrected chi connectivity index (χ2v) is 4.59. The monoisotopic (exact) mass is 293 g/mol. The van der Waals surface area contributed by atoms with Gasteiger partial charge in [-0.1, -0.05) is 29.3 Å². The summed E-state index contributed by atoms with van der Waals surface area (Å²) in [6.45, 7) is 0. The van der Waals surface area contributed by atoms with Crippen LogP contribution >= 0.6 is 23.2 Å². The van der Waals surface area contributed by atoms with Crippen molar-refractivity contribution in [2.45, 2.75) is 0 Å². The fraction of sp³-hybridized carbons (Fsp3) is 0. The van der Waals surface area contributed by atoms with E-state index in [-0.39, 0.29) is 5.57 Å². The third-order valence-electron chi connectivity index (χ3n) is 2.43. The number of hydrogen-bond acceptors (Lipinski definition) is 2. The van der Waals surface area contributed by atoms with Gasteiger partial charge in [0.2, 0.25) is 0 Å². The van der Waals surface area contributed by atoms with Crippen LogP contribution in [0.15, 0.2) is 42.6 Å². The Morgan fingerprint density at radius 3 is 2.63 bits per heavy atom. The SMILES string of the molecule is O=C(O)/C(=C\c1ccccn1)c1cc(Cl)ccc1Cl. The van der Waals surface area contributed by atoms with E-state index in [0.717, 1.165) is 0 Å². The Labute approximate surface area is 120 Å². The van der Waals surface area contributed by atoms with Crippen LogP contribution in [0.4, 0.5) is 0 Å². The highest BCUT2D eigenvalue weighted by molar-refractivity contribution is 6.37. The summed E-state index contributed by atoms with van der Waals surface area (Å²) in [6, 6.07) is 9.93. The number of nitrogens with zero attached hydrogens (tertiary/aromatic N) is 1. The Hall–Kier alpha value is -1.84. The predicted octanol–water partition coefficient (Wildman–Crippen LogP) is 4.01. The molecule has 1 N–H and O–H groups in total. The van der Waals surface area contributed by atoms with Gasteiger partial charge in [0.15, 0.2) is 0 Å². The standard InChI is InChI=1S/C14H9Cl2NO2/c15-9-4-5-13(16)11(7-9)12(14(18)19)8-10-3-1-2-6-17-10/h1-8H,(H,18,19)/b12-8-. The van der Waals surface area contributed by atoms with E-state index < -0.39 is 5.97 Å². The number of aliphatic carboxylic acids is 1. The molecule has 0 radical (unpaired) electrons. The number of carbonyl (C=O) groups is 1. The molecule has 5 heteroatoms. The summed E-state index contributed by atoms with van der Waals surface area (Å²) in [5.74, 6) is -1.09. The van der Waals surface area contributed by atoms with Crippen molar-refractivity contribution < 1.29 is 9.90 Å². The zero-order chi connectivity index (χ0) is 13.8. The molecular formula is C14H9Cl2NO2. The van der Waals surface area contributed by atoms with Crippen LogP contribution in [0.2, 0.25) is 10.0 Å². The summed E-state index contributed by atoms with van der Waals surface area (Å²) in [5.41, 5.74) is 0.953. The second kappa shape index (κ2) is 5.87. The fourth-order valence-corrected chi connectivity index (χ4v) is 1.96. The van der Waals surface area contributed by atoms with Gasteiger partial charge in [-0.25, -0.2) is 4.79 Å². The third-order valence-corrected chi connectivity index (χ3v) is 2.99. The minimum atomic E-state index is -1.09. The lowest BCUT2D eigenvalue weighted by molar-refractivity contribution is -0.130. The van der Waals surface area contributed by atoms with Crippen molar-refractivity contribution in [3.63, 3.8) is 0 Å². The molecule has 0 atom stereocenters. The van der Waals surface area contributed by atoms with Gasteiger partial charge in [-0.2, -0.15) is 0 Å². The Kier molecular flexibility index (Phi) is 4.20. The fourth-order valence-electron chi connectivity index (χ4n) is 1.57. The van der Waals surface area contributed by atoms with Crippen LogP contribution in [0.3, 0.4) is 0 Å². The summed E-state index contributed by atoms with van der Waals surface area (Å²) in [6.07, 6.45) is 3.05. The molecule has 0 bridgehead atoms. The number of halogens is 2. The van der Waals surface area contributed by atoms with Crippen LogP contribution in [-0.4, -0.2) is 16.1 Å². The van der Waals surface area contributed by atoms with Gasteiger partial charge in [0, 0.05) is 21.8 Å². The molecule has 0 aliphatic heterocycles. The average molecular weight is 294 g/mol. The Bertz CT molecular complexity index is 639. The second-order valence-electron chi connectivity index (χ2n) is 3.74. The van der Waals surface area contributed by atoms with E-state index in [0.29, 0.717) is 21.3 Å². The van der Waals surface area contributed by atoms with Crippen LogP contribution in [-0.2, 0) is 4.79 Å². The first-order valence-electron chi connectivity index (χ1n) is 5.39. The lowest BCUT2D eigenvalue weighted by atomic mass is 10.0. The van der Waals surface area contributed by atoms with Crippen molar-refractivity contribution in [3.05, 3.63) is 63.9 Å². The molecule has 1 aromatic carbocycles.